The van der Waals surface area contributed by atoms with E-state index in [2.05, 4.69) is 0 Å². The van der Waals surface area contributed by atoms with E-state index < -0.39 is 10.9 Å². The van der Waals surface area contributed by atoms with Crippen LogP contribution in [0.5, 0.6) is 0 Å². The number of aryl methyl sites for hydroxylation is 1. The van der Waals surface area contributed by atoms with Crippen molar-refractivity contribution in [2.24, 2.45) is 5.92 Å². The minimum atomic E-state index is -0.821. The Kier molecular flexibility index (Phi) is 3.18. The van der Waals surface area contributed by atoms with Gasteiger partial charge in [-0.15, -0.1) is 0 Å². The number of nitrogens with zero attached hydrogens (tertiary/aromatic N) is 2. The molecule has 0 spiro atoms. The van der Waals surface area contributed by atoms with Gasteiger partial charge in [-0.2, -0.15) is 0 Å². The van der Waals surface area contributed by atoms with Crippen molar-refractivity contribution in [2.75, 3.05) is 18.0 Å². The molecule has 0 aliphatic carbocycles. The molecule has 0 radical (unpaired) electrons. The zero-order chi connectivity index (χ0) is 13.3. The van der Waals surface area contributed by atoms with E-state index in [0.29, 0.717) is 18.8 Å². The summed E-state index contributed by atoms with van der Waals surface area (Å²) in [6.07, 6.45) is 0.121. The SMILES string of the molecule is Cc1ccc([N+](=O)[O-])c(N2CC(CC(=O)O)C2)c1. The fraction of sp³-hybridized carbons (Fsp3) is 0.417. The average Bonchev–Trinajstić information content (AvgIpc) is 2.21. The zero-order valence-corrected chi connectivity index (χ0v) is 10.00. The lowest BCUT2D eigenvalue weighted by Crippen LogP contribution is -2.47. The molecule has 18 heavy (non-hydrogen) atoms. The zero-order valence-electron chi connectivity index (χ0n) is 10.00. The second-order valence-electron chi connectivity index (χ2n) is 4.62. The van der Waals surface area contributed by atoms with Crippen LogP contribution in [0, 0.1) is 23.0 Å². The van der Waals surface area contributed by atoms with E-state index >= 15 is 0 Å². The van der Waals surface area contributed by atoms with E-state index in [1.165, 1.54) is 6.07 Å². The van der Waals surface area contributed by atoms with Gasteiger partial charge in [0.1, 0.15) is 5.69 Å². The summed E-state index contributed by atoms with van der Waals surface area (Å²) in [5.41, 5.74) is 1.62. The molecule has 6 nitrogen and oxygen atoms in total. The normalized spacial score (nSPS) is 15.3. The molecule has 0 amide bonds. The van der Waals surface area contributed by atoms with Crippen molar-refractivity contribution in [3.8, 4) is 0 Å². The summed E-state index contributed by atoms with van der Waals surface area (Å²) in [5, 5.41) is 19.6. The molecular weight excluding hydrogens is 236 g/mol. The third-order valence-electron chi connectivity index (χ3n) is 3.09. The predicted octanol–water partition coefficient (Wildman–Crippen LogP) is 1.81. The average molecular weight is 250 g/mol. The fourth-order valence-corrected chi connectivity index (χ4v) is 2.18. The first kappa shape index (κ1) is 12.3. The van der Waals surface area contributed by atoms with Gasteiger partial charge in [-0.1, -0.05) is 6.07 Å². The molecule has 1 heterocycles. The van der Waals surface area contributed by atoms with Gasteiger partial charge in [0.25, 0.3) is 5.69 Å². The Hall–Kier alpha value is -2.11. The Bertz CT molecular complexity index is 495. The lowest BCUT2D eigenvalue weighted by Gasteiger charge is -2.40. The molecule has 1 aromatic carbocycles. The number of carbonyl (C=O) groups is 1. The predicted molar refractivity (Wildman–Crippen MR) is 65.8 cm³/mol. The molecule has 0 unspecified atom stereocenters. The minimum Gasteiger partial charge on any atom is -0.481 e. The van der Waals surface area contributed by atoms with Crippen molar-refractivity contribution in [1.82, 2.24) is 0 Å². The van der Waals surface area contributed by atoms with Crippen LogP contribution in [0.15, 0.2) is 18.2 Å². The topological polar surface area (TPSA) is 83.7 Å². The number of nitro groups is 1. The standard InChI is InChI=1S/C12H14N2O4/c1-8-2-3-10(14(17)18)11(4-8)13-6-9(7-13)5-12(15)16/h2-4,9H,5-7H2,1H3,(H,15,16). The van der Waals surface area contributed by atoms with Gasteiger partial charge in [0.05, 0.1) is 11.3 Å². The number of carboxylic acids is 1. The van der Waals surface area contributed by atoms with E-state index in [0.717, 1.165) is 5.56 Å². The molecule has 6 heteroatoms. The Balaban J connectivity index is 2.13. The highest BCUT2D eigenvalue weighted by Crippen LogP contribution is 2.34. The lowest BCUT2D eigenvalue weighted by molar-refractivity contribution is -0.384. The van der Waals surface area contributed by atoms with Crippen LogP contribution in [-0.2, 0) is 4.79 Å². The molecule has 2 rings (SSSR count). The molecule has 0 saturated carbocycles. The van der Waals surface area contributed by atoms with Crippen LogP contribution in [0.25, 0.3) is 0 Å². The van der Waals surface area contributed by atoms with Crippen LogP contribution in [0.4, 0.5) is 11.4 Å². The second kappa shape index (κ2) is 4.64. The van der Waals surface area contributed by atoms with E-state index in [4.69, 9.17) is 5.11 Å². The number of hydrogen-bond donors (Lipinski definition) is 1. The molecule has 1 N–H and O–H groups in total. The largest absolute Gasteiger partial charge is 0.481 e. The summed E-state index contributed by atoms with van der Waals surface area (Å²) in [6, 6.07) is 4.97. The number of hydrogen-bond acceptors (Lipinski definition) is 4. The van der Waals surface area contributed by atoms with Crippen LogP contribution in [-0.4, -0.2) is 29.1 Å². The Morgan fingerprint density at radius 3 is 2.78 bits per heavy atom. The quantitative estimate of drug-likeness (QED) is 0.650. The van der Waals surface area contributed by atoms with Crippen molar-refractivity contribution in [3.63, 3.8) is 0 Å². The second-order valence-corrected chi connectivity index (χ2v) is 4.62. The first-order chi connectivity index (χ1) is 8.47. The van der Waals surface area contributed by atoms with Gasteiger partial charge in [-0.25, -0.2) is 0 Å². The molecule has 96 valence electrons. The Morgan fingerprint density at radius 1 is 1.56 bits per heavy atom. The molecule has 0 bridgehead atoms. The van der Waals surface area contributed by atoms with E-state index in [-0.39, 0.29) is 18.0 Å². The van der Waals surface area contributed by atoms with Gasteiger partial charge < -0.3 is 10.0 Å². The van der Waals surface area contributed by atoms with Crippen molar-refractivity contribution in [1.29, 1.82) is 0 Å². The summed E-state index contributed by atoms with van der Waals surface area (Å²) in [6.45, 7) is 3.01. The number of carboxylic acid groups (broad SMARTS) is 1. The number of nitro benzene ring substituents is 1. The summed E-state index contributed by atoms with van der Waals surface area (Å²) >= 11 is 0. The Morgan fingerprint density at radius 2 is 2.22 bits per heavy atom. The highest BCUT2D eigenvalue weighted by atomic mass is 16.6. The summed E-state index contributed by atoms with van der Waals surface area (Å²) < 4.78 is 0. The third-order valence-corrected chi connectivity index (χ3v) is 3.09. The maximum absolute atomic E-state index is 10.9. The van der Waals surface area contributed by atoms with Gasteiger partial charge in [0, 0.05) is 25.1 Å². The monoisotopic (exact) mass is 250 g/mol. The van der Waals surface area contributed by atoms with Gasteiger partial charge in [-0.3, -0.25) is 14.9 Å². The summed E-state index contributed by atoms with van der Waals surface area (Å²) in [7, 11) is 0. The van der Waals surface area contributed by atoms with E-state index in [1.807, 2.05) is 11.8 Å². The van der Waals surface area contributed by atoms with Crippen LogP contribution in [0.2, 0.25) is 0 Å². The van der Waals surface area contributed by atoms with Crippen LogP contribution in [0.1, 0.15) is 12.0 Å². The molecule has 1 saturated heterocycles. The molecule has 0 atom stereocenters. The number of aliphatic carboxylic acids is 1. The van der Waals surface area contributed by atoms with Gasteiger partial charge >= 0.3 is 5.97 Å². The summed E-state index contributed by atoms with van der Waals surface area (Å²) in [4.78, 5) is 22.9. The van der Waals surface area contributed by atoms with Crippen LogP contribution >= 0.6 is 0 Å². The molecule has 1 fully saturated rings. The number of benzene rings is 1. The highest BCUT2D eigenvalue weighted by Gasteiger charge is 2.32. The lowest BCUT2D eigenvalue weighted by atomic mass is 9.95. The maximum Gasteiger partial charge on any atom is 0.303 e. The molecule has 1 aliphatic rings. The first-order valence-corrected chi connectivity index (χ1v) is 5.69. The van der Waals surface area contributed by atoms with E-state index in [9.17, 15) is 14.9 Å². The van der Waals surface area contributed by atoms with E-state index in [1.54, 1.807) is 12.1 Å². The Labute approximate surface area is 104 Å². The molecule has 1 aromatic rings. The van der Waals surface area contributed by atoms with Crippen molar-refractivity contribution in [2.45, 2.75) is 13.3 Å². The van der Waals surface area contributed by atoms with Gasteiger partial charge in [-0.05, 0) is 18.6 Å². The van der Waals surface area contributed by atoms with Crippen molar-refractivity contribution < 1.29 is 14.8 Å². The molecule has 0 aromatic heterocycles. The molecule has 1 aliphatic heterocycles. The van der Waals surface area contributed by atoms with Crippen LogP contribution < -0.4 is 4.90 Å². The maximum atomic E-state index is 10.9. The van der Waals surface area contributed by atoms with Crippen LogP contribution in [0.3, 0.4) is 0 Å². The first-order valence-electron chi connectivity index (χ1n) is 5.69. The minimum absolute atomic E-state index is 0.0781. The fourth-order valence-electron chi connectivity index (χ4n) is 2.18. The van der Waals surface area contributed by atoms with Crippen molar-refractivity contribution in [3.05, 3.63) is 33.9 Å². The molecular formula is C12H14N2O4. The van der Waals surface area contributed by atoms with Crippen molar-refractivity contribution >= 4 is 17.3 Å². The third kappa shape index (κ3) is 2.42. The van der Waals surface area contributed by atoms with Gasteiger partial charge in [0.15, 0.2) is 0 Å². The highest BCUT2D eigenvalue weighted by molar-refractivity contribution is 5.69. The summed E-state index contributed by atoms with van der Waals surface area (Å²) in [5.74, 6) is -0.735. The number of anilines is 1. The smallest absolute Gasteiger partial charge is 0.303 e. The van der Waals surface area contributed by atoms with Gasteiger partial charge in [0.2, 0.25) is 0 Å². The number of rotatable bonds is 4.